The maximum atomic E-state index is 12.6. The van der Waals surface area contributed by atoms with Gasteiger partial charge in [-0.2, -0.15) is 0 Å². The van der Waals surface area contributed by atoms with E-state index in [1.54, 1.807) is 18.2 Å². The first-order valence-electron chi connectivity index (χ1n) is 8.91. The van der Waals surface area contributed by atoms with Gasteiger partial charge in [-0.25, -0.2) is 9.97 Å². The molecule has 0 aliphatic carbocycles. The van der Waals surface area contributed by atoms with Gasteiger partial charge in [-0.05, 0) is 32.3 Å². The molecule has 1 amide bonds. The lowest BCUT2D eigenvalue weighted by atomic mass is 10.2. The summed E-state index contributed by atoms with van der Waals surface area (Å²) in [4.78, 5) is 23.6. The van der Waals surface area contributed by atoms with Crippen LogP contribution in [0.1, 0.15) is 10.5 Å². The molecule has 1 heterocycles. The number of hydrogen-bond acceptors (Lipinski definition) is 5. The van der Waals surface area contributed by atoms with Gasteiger partial charge in [0, 0.05) is 35.4 Å². The maximum Gasteiger partial charge on any atom is 0.270 e. The Bertz CT molecular complexity index is 947. The largest absolute Gasteiger partial charge is 0.349 e. The van der Waals surface area contributed by atoms with E-state index in [1.165, 1.54) is 0 Å². The molecule has 0 saturated heterocycles. The number of halogens is 1. The summed E-state index contributed by atoms with van der Waals surface area (Å²) in [5, 5.41) is 6.70. The molecular weight excluding hydrogens is 374 g/mol. The Morgan fingerprint density at radius 1 is 1.04 bits per heavy atom. The normalized spacial score (nSPS) is 10.7. The Balaban J connectivity index is 1.91. The SMILES string of the molecule is CN(C)CCNC(=O)c1cc(Nc2cccc(Cl)c2)nc(-c2ccccc2)n1. The van der Waals surface area contributed by atoms with Crippen LogP contribution in [-0.4, -0.2) is 48.0 Å². The zero-order valence-corrected chi connectivity index (χ0v) is 16.6. The third-order valence-corrected chi connectivity index (χ3v) is 4.17. The van der Waals surface area contributed by atoms with Crippen molar-refractivity contribution >= 4 is 29.0 Å². The van der Waals surface area contributed by atoms with Crippen LogP contribution >= 0.6 is 11.6 Å². The van der Waals surface area contributed by atoms with E-state index >= 15 is 0 Å². The lowest BCUT2D eigenvalue weighted by molar-refractivity contribution is 0.0946. The van der Waals surface area contributed by atoms with Crippen LogP contribution in [0.2, 0.25) is 5.02 Å². The minimum atomic E-state index is -0.240. The molecule has 2 N–H and O–H groups in total. The molecule has 0 bridgehead atoms. The van der Waals surface area contributed by atoms with E-state index in [1.807, 2.05) is 61.5 Å². The summed E-state index contributed by atoms with van der Waals surface area (Å²) >= 11 is 6.06. The second kappa shape index (κ2) is 9.30. The lowest BCUT2D eigenvalue weighted by Gasteiger charge is -2.12. The number of carbonyl (C=O) groups is 1. The molecule has 0 radical (unpaired) electrons. The summed E-state index contributed by atoms with van der Waals surface area (Å²) in [5.74, 6) is 0.759. The Labute approximate surface area is 169 Å². The quantitative estimate of drug-likeness (QED) is 0.636. The molecule has 2 aromatic carbocycles. The van der Waals surface area contributed by atoms with E-state index in [9.17, 15) is 4.79 Å². The fourth-order valence-electron chi connectivity index (χ4n) is 2.54. The Hall–Kier alpha value is -2.96. The van der Waals surface area contributed by atoms with E-state index in [2.05, 4.69) is 20.6 Å². The lowest BCUT2D eigenvalue weighted by Crippen LogP contribution is -2.32. The molecule has 28 heavy (non-hydrogen) atoms. The van der Waals surface area contributed by atoms with Gasteiger partial charge in [-0.15, -0.1) is 0 Å². The van der Waals surface area contributed by atoms with Gasteiger partial charge in [0.1, 0.15) is 11.5 Å². The standard InChI is InChI=1S/C21H22ClN5O/c1-27(2)12-11-23-21(28)18-14-19(24-17-10-6-9-16(22)13-17)26-20(25-18)15-7-4-3-5-8-15/h3-10,13-14H,11-12H2,1-2H3,(H,23,28)(H,24,25,26). The predicted molar refractivity (Wildman–Crippen MR) is 113 cm³/mol. The molecule has 7 heteroatoms. The monoisotopic (exact) mass is 395 g/mol. The number of benzene rings is 2. The van der Waals surface area contributed by atoms with Crippen molar-refractivity contribution in [2.24, 2.45) is 0 Å². The molecule has 0 aliphatic rings. The van der Waals surface area contributed by atoms with Crippen molar-refractivity contribution in [1.82, 2.24) is 20.2 Å². The predicted octanol–water partition coefficient (Wildman–Crippen LogP) is 3.83. The van der Waals surface area contributed by atoms with Crippen LogP contribution in [-0.2, 0) is 0 Å². The number of likely N-dealkylation sites (N-methyl/N-ethyl adjacent to an activating group) is 1. The molecule has 0 atom stereocenters. The Kier molecular flexibility index (Phi) is 6.57. The highest BCUT2D eigenvalue weighted by atomic mass is 35.5. The molecule has 0 saturated carbocycles. The number of nitrogens with zero attached hydrogens (tertiary/aromatic N) is 3. The van der Waals surface area contributed by atoms with Crippen molar-refractivity contribution in [2.45, 2.75) is 0 Å². The molecule has 0 unspecified atom stereocenters. The van der Waals surface area contributed by atoms with E-state index in [-0.39, 0.29) is 5.91 Å². The van der Waals surface area contributed by atoms with Crippen molar-refractivity contribution in [3.63, 3.8) is 0 Å². The highest BCUT2D eigenvalue weighted by Gasteiger charge is 2.13. The second-order valence-corrected chi connectivity index (χ2v) is 6.96. The summed E-state index contributed by atoms with van der Waals surface area (Å²) in [7, 11) is 3.91. The van der Waals surface area contributed by atoms with Gasteiger partial charge < -0.3 is 15.5 Å². The zero-order chi connectivity index (χ0) is 19.9. The number of nitrogens with one attached hydrogen (secondary N) is 2. The average molecular weight is 396 g/mol. The Morgan fingerprint density at radius 3 is 2.54 bits per heavy atom. The highest BCUT2D eigenvalue weighted by molar-refractivity contribution is 6.30. The van der Waals surface area contributed by atoms with Gasteiger partial charge >= 0.3 is 0 Å². The number of anilines is 2. The zero-order valence-electron chi connectivity index (χ0n) is 15.8. The van der Waals surface area contributed by atoms with Crippen molar-refractivity contribution in [1.29, 1.82) is 0 Å². The molecular formula is C21H22ClN5O. The summed E-state index contributed by atoms with van der Waals surface area (Å²) < 4.78 is 0. The third-order valence-electron chi connectivity index (χ3n) is 3.93. The van der Waals surface area contributed by atoms with Gasteiger partial charge in [-0.1, -0.05) is 48.0 Å². The number of carbonyl (C=O) groups excluding carboxylic acids is 1. The van der Waals surface area contributed by atoms with Gasteiger partial charge in [-0.3, -0.25) is 4.79 Å². The molecule has 0 spiro atoms. The van der Waals surface area contributed by atoms with Crippen LogP contribution in [0.15, 0.2) is 60.7 Å². The van der Waals surface area contributed by atoms with Crippen LogP contribution in [0.4, 0.5) is 11.5 Å². The fraction of sp³-hybridized carbons (Fsp3) is 0.190. The minimum Gasteiger partial charge on any atom is -0.349 e. The summed E-state index contributed by atoms with van der Waals surface area (Å²) in [6.45, 7) is 1.28. The molecule has 0 aliphatic heterocycles. The van der Waals surface area contributed by atoms with Gasteiger partial charge in [0.05, 0.1) is 0 Å². The van der Waals surface area contributed by atoms with E-state index in [0.717, 1.165) is 17.8 Å². The summed E-state index contributed by atoms with van der Waals surface area (Å²) in [6.07, 6.45) is 0. The van der Waals surface area contributed by atoms with Gasteiger partial charge in [0.15, 0.2) is 5.82 Å². The molecule has 6 nitrogen and oxygen atoms in total. The average Bonchev–Trinajstić information content (AvgIpc) is 2.68. The molecule has 3 rings (SSSR count). The van der Waals surface area contributed by atoms with Crippen LogP contribution in [0, 0.1) is 0 Å². The van der Waals surface area contributed by atoms with E-state index in [0.29, 0.717) is 28.9 Å². The highest BCUT2D eigenvalue weighted by Crippen LogP contribution is 2.22. The number of rotatable bonds is 7. The number of hydrogen-bond donors (Lipinski definition) is 2. The molecule has 0 fully saturated rings. The Morgan fingerprint density at radius 2 is 1.82 bits per heavy atom. The number of amides is 1. The molecule has 144 valence electrons. The van der Waals surface area contributed by atoms with E-state index < -0.39 is 0 Å². The second-order valence-electron chi connectivity index (χ2n) is 6.52. The molecule has 1 aromatic heterocycles. The van der Waals surface area contributed by atoms with Gasteiger partial charge in [0.2, 0.25) is 0 Å². The van der Waals surface area contributed by atoms with E-state index in [4.69, 9.17) is 11.6 Å². The van der Waals surface area contributed by atoms with Crippen molar-refractivity contribution in [2.75, 3.05) is 32.5 Å². The van der Waals surface area contributed by atoms with Crippen LogP contribution in [0.5, 0.6) is 0 Å². The minimum absolute atomic E-state index is 0.240. The third kappa shape index (κ3) is 5.52. The molecule has 3 aromatic rings. The fourth-order valence-corrected chi connectivity index (χ4v) is 2.73. The topological polar surface area (TPSA) is 70.2 Å². The first kappa shape index (κ1) is 19.8. The van der Waals surface area contributed by atoms with Crippen molar-refractivity contribution in [3.05, 3.63) is 71.4 Å². The van der Waals surface area contributed by atoms with Crippen molar-refractivity contribution in [3.8, 4) is 11.4 Å². The van der Waals surface area contributed by atoms with Crippen LogP contribution in [0.3, 0.4) is 0 Å². The summed E-state index contributed by atoms with van der Waals surface area (Å²) in [5.41, 5.74) is 1.92. The first-order valence-corrected chi connectivity index (χ1v) is 9.29. The smallest absolute Gasteiger partial charge is 0.270 e. The number of aromatic nitrogens is 2. The van der Waals surface area contributed by atoms with Crippen LogP contribution < -0.4 is 10.6 Å². The first-order chi connectivity index (χ1) is 13.5. The van der Waals surface area contributed by atoms with Gasteiger partial charge in [0.25, 0.3) is 5.91 Å². The van der Waals surface area contributed by atoms with Crippen LogP contribution in [0.25, 0.3) is 11.4 Å². The maximum absolute atomic E-state index is 12.6. The van der Waals surface area contributed by atoms with Crippen molar-refractivity contribution < 1.29 is 4.79 Å². The summed E-state index contributed by atoms with van der Waals surface area (Å²) in [6, 6.07) is 18.5.